The van der Waals surface area contributed by atoms with Gasteiger partial charge in [-0.15, -0.1) is 0 Å². The number of amides is 2. The molecule has 0 aromatic rings. The summed E-state index contributed by atoms with van der Waals surface area (Å²) in [6.07, 6.45) is 4.78. The number of carbonyl (C=O) groups is 1. The first-order valence-corrected chi connectivity index (χ1v) is 7.14. The highest BCUT2D eigenvalue weighted by Crippen LogP contribution is 2.35. The number of hydrogen-bond acceptors (Lipinski definition) is 2. The lowest BCUT2D eigenvalue weighted by Crippen LogP contribution is -2.47. The molecule has 0 aliphatic heterocycles. The molecule has 18 heavy (non-hydrogen) atoms. The number of hydrogen-bond donors (Lipinski definition) is 3. The summed E-state index contributed by atoms with van der Waals surface area (Å²) in [6.45, 7) is 7.60. The van der Waals surface area contributed by atoms with E-state index in [0.29, 0.717) is 19.0 Å². The van der Waals surface area contributed by atoms with E-state index in [-0.39, 0.29) is 17.6 Å². The zero-order valence-electron chi connectivity index (χ0n) is 12.0. The summed E-state index contributed by atoms with van der Waals surface area (Å²) in [6, 6.07) is -0.116. The van der Waals surface area contributed by atoms with Gasteiger partial charge in [-0.2, -0.15) is 0 Å². The van der Waals surface area contributed by atoms with Crippen LogP contribution in [0.2, 0.25) is 0 Å². The molecule has 0 heterocycles. The van der Waals surface area contributed by atoms with Crippen LogP contribution < -0.4 is 10.6 Å². The molecule has 2 atom stereocenters. The minimum absolute atomic E-state index is 0.116. The molecule has 4 nitrogen and oxygen atoms in total. The highest BCUT2D eigenvalue weighted by Gasteiger charge is 2.35. The van der Waals surface area contributed by atoms with Crippen LogP contribution in [0.15, 0.2) is 0 Å². The van der Waals surface area contributed by atoms with Crippen LogP contribution in [0.4, 0.5) is 4.79 Å². The maximum Gasteiger partial charge on any atom is 0.314 e. The van der Waals surface area contributed by atoms with Crippen LogP contribution in [0.5, 0.6) is 0 Å². The van der Waals surface area contributed by atoms with Crippen molar-refractivity contribution in [3.63, 3.8) is 0 Å². The fourth-order valence-electron chi connectivity index (χ4n) is 2.41. The molecule has 0 saturated heterocycles. The van der Waals surface area contributed by atoms with Gasteiger partial charge in [0.05, 0.1) is 6.10 Å². The van der Waals surface area contributed by atoms with Gasteiger partial charge in [0, 0.05) is 18.5 Å². The summed E-state index contributed by atoms with van der Waals surface area (Å²) in [5.41, 5.74) is -0.159. The van der Waals surface area contributed by atoms with E-state index in [0.717, 1.165) is 32.1 Å². The van der Waals surface area contributed by atoms with Gasteiger partial charge < -0.3 is 15.7 Å². The van der Waals surface area contributed by atoms with Gasteiger partial charge in [0.1, 0.15) is 0 Å². The number of aliphatic hydroxyl groups is 1. The molecule has 4 heteroatoms. The van der Waals surface area contributed by atoms with Crippen LogP contribution >= 0.6 is 0 Å². The van der Waals surface area contributed by atoms with E-state index in [4.69, 9.17) is 0 Å². The Hall–Kier alpha value is -0.770. The van der Waals surface area contributed by atoms with Gasteiger partial charge in [-0.3, -0.25) is 0 Å². The maximum atomic E-state index is 11.6. The molecule has 1 fully saturated rings. The van der Waals surface area contributed by atoms with Crippen molar-refractivity contribution in [2.45, 2.75) is 59.0 Å². The molecule has 2 amide bonds. The summed E-state index contributed by atoms with van der Waals surface area (Å²) in [7, 11) is 0. The van der Waals surface area contributed by atoms with Crippen LogP contribution in [0.3, 0.4) is 0 Å². The van der Waals surface area contributed by atoms with E-state index in [1.165, 1.54) is 0 Å². The fraction of sp³-hybridized carbons (Fsp3) is 0.929. The lowest BCUT2D eigenvalue weighted by molar-refractivity contribution is 0.00309. The van der Waals surface area contributed by atoms with Crippen LogP contribution in [0.1, 0.15) is 52.9 Å². The molecule has 1 aliphatic carbocycles. The van der Waals surface area contributed by atoms with E-state index in [1.807, 2.05) is 0 Å². The van der Waals surface area contributed by atoms with Crippen molar-refractivity contribution in [2.24, 2.45) is 11.3 Å². The van der Waals surface area contributed by atoms with Crippen LogP contribution in [-0.2, 0) is 0 Å². The first-order valence-electron chi connectivity index (χ1n) is 7.14. The molecule has 2 unspecified atom stereocenters. The minimum Gasteiger partial charge on any atom is -0.392 e. The van der Waals surface area contributed by atoms with E-state index < -0.39 is 0 Å². The Labute approximate surface area is 111 Å². The zero-order valence-corrected chi connectivity index (χ0v) is 12.0. The molecule has 106 valence electrons. The van der Waals surface area contributed by atoms with Gasteiger partial charge >= 0.3 is 6.03 Å². The molecule has 0 spiro atoms. The number of rotatable bonds is 5. The Bertz CT molecular complexity index is 269. The SMILES string of the molecule is CC(C)CCNC(=O)NCC1(C)CCCCC1O. The third-order valence-electron chi connectivity index (χ3n) is 3.94. The lowest BCUT2D eigenvalue weighted by Gasteiger charge is -2.38. The first-order chi connectivity index (χ1) is 8.44. The molecule has 0 radical (unpaired) electrons. The minimum atomic E-state index is -0.290. The molecular formula is C14H28N2O2. The van der Waals surface area contributed by atoms with E-state index >= 15 is 0 Å². The standard InChI is InChI=1S/C14H28N2O2/c1-11(2)7-9-15-13(18)16-10-14(3)8-5-4-6-12(14)17/h11-12,17H,4-10H2,1-3H3,(H2,15,16,18). The summed E-state index contributed by atoms with van der Waals surface area (Å²) in [4.78, 5) is 11.6. The summed E-state index contributed by atoms with van der Waals surface area (Å²) in [5.74, 6) is 0.600. The van der Waals surface area contributed by atoms with Gasteiger partial charge in [0.2, 0.25) is 0 Å². The van der Waals surface area contributed by atoms with Crippen molar-refractivity contribution in [3.05, 3.63) is 0 Å². The number of urea groups is 1. The van der Waals surface area contributed by atoms with Crippen molar-refractivity contribution in [1.29, 1.82) is 0 Å². The highest BCUT2D eigenvalue weighted by atomic mass is 16.3. The number of nitrogens with one attached hydrogen (secondary N) is 2. The summed E-state index contributed by atoms with van der Waals surface area (Å²) in [5, 5.41) is 15.8. The van der Waals surface area contributed by atoms with Gasteiger partial charge in [-0.25, -0.2) is 4.79 Å². The Morgan fingerprint density at radius 3 is 2.72 bits per heavy atom. The van der Waals surface area contributed by atoms with Gasteiger partial charge in [0.15, 0.2) is 0 Å². The third-order valence-corrected chi connectivity index (χ3v) is 3.94. The third kappa shape index (κ3) is 4.84. The Morgan fingerprint density at radius 1 is 1.39 bits per heavy atom. The molecule has 0 bridgehead atoms. The van der Waals surface area contributed by atoms with Crippen LogP contribution in [0.25, 0.3) is 0 Å². The zero-order chi connectivity index (χ0) is 13.6. The smallest absolute Gasteiger partial charge is 0.314 e. The van der Waals surface area contributed by atoms with Crippen molar-refractivity contribution in [1.82, 2.24) is 10.6 Å². The van der Waals surface area contributed by atoms with Gasteiger partial charge in [-0.05, 0) is 25.2 Å². The summed E-state index contributed by atoms with van der Waals surface area (Å²) >= 11 is 0. The van der Waals surface area contributed by atoms with E-state index in [1.54, 1.807) is 0 Å². The Morgan fingerprint density at radius 2 is 2.11 bits per heavy atom. The summed E-state index contributed by atoms with van der Waals surface area (Å²) < 4.78 is 0. The number of aliphatic hydroxyl groups excluding tert-OH is 1. The quantitative estimate of drug-likeness (QED) is 0.706. The topological polar surface area (TPSA) is 61.4 Å². The second kappa shape index (κ2) is 6.98. The molecule has 1 aliphatic rings. The second-order valence-electron chi connectivity index (χ2n) is 6.21. The maximum absolute atomic E-state index is 11.6. The fourth-order valence-corrected chi connectivity index (χ4v) is 2.41. The molecular weight excluding hydrogens is 228 g/mol. The molecule has 0 aromatic heterocycles. The van der Waals surface area contributed by atoms with Crippen molar-refractivity contribution < 1.29 is 9.90 Å². The van der Waals surface area contributed by atoms with Gasteiger partial charge in [0.25, 0.3) is 0 Å². The van der Waals surface area contributed by atoms with Crippen LogP contribution in [0, 0.1) is 11.3 Å². The van der Waals surface area contributed by atoms with E-state index in [2.05, 4.69) is 31.4 Å². The average molecular weight is 256 g/mol. The molecule has 3 N–H and O–H groups in total. The molecule has 0 aromatic carbocycles. The Balaban J connectivity index is 2.24. The van der Waals surface area contributed by atoms with Crippen molar-refractivity contribution in [2.75, 3.05) is 13.1 Å². The average Bonchev–Trinajstić information content (AvgIpc) is 2.30. The molecule has 1 saturated carbocycles. The van der Waals surface area contributed by atoms with Crippen LogP contribution in [-0.4, -0.2) is 30.3 Å². The molecule has 1 rings (SSSR count). The van der Waals surface area contributed by atoms with Crippen molar-refractivity contribution in [3.8, 4) is 0 Å². The Kier molecular flexibility index (Phi) is 5.93. The van der Waals surface area contributed by atoms with E-state index in [9.17, 15) is 9.90 Å². The predicted octanol–water partition coefficient (Wildman–Crippen LogP) is 2.27. The monoisotopic (exact) mass is 256 g/mol. The lowest BCUT2D eigenvalue weighted by atomic mass is 9.73. The first kappa shape index (κ1) is 15.3. The second-order valence-corrected chi connectivity index (χ2v) is 6.21. The van der Waals surface area contributed by atoms with Gasteiger partial charge in [-0.1, -0.05) is 33.6 Å². The highest BCUT2D eigenvalue weighted by molar-refractivity contribution is 5.73. The normalized spacial score (nSPS) is 28.2. The van der Waals surface area contributed by atoms with Crippen molar-refractivity contribution >= 4 is 6.03 Å². The predicted molar refractivity (Wildman–Crippen MR) is 73.4 cm³/mol. The number of carbonyl (C=O) groups excluding carboxylic acids is 1. The largest absolute Gasteiger partial charge is 0.392 e.